The number of nitrogens with two attached hydrogens (primary N) is 1. The molecule has 0 amide bonds. The lowest BCUT2D eigenvalue weighted by atomic mass is 10.1. The molecule has 4 heteroatoms. The van der Waals surface area contributed by atoms with Crippen molar-refractivity contribution >= 4 is 5.82 Å². The van der Waals surface area contributed by atoms with E-state index in [4.69, 9.17) is 5.73 Å². The first-order valence-electron chi connectivity index (χ1n) is 5.14. The van der Waals surface area contributed by atoms with Crippen LogP contribution < -0.4 is 11.3 Å². The van der Waals surface area contributed by atoms with Crippen LogP contribution >= 0.6 is 0 Å². The van der Waals surface area contributed by atoms with Crippen LogP contribution in [0.5, 0.6) is 0 Å². The summed E-state index contributed by atoms with van der Waals surface area (Å²) in [4.78, 5) is 15.8. The van der Waals surface area contributed by atoms with Gasteiger partial charge in [-0.3, -0.25) is 9.69 Å². The first-order chi connectivity index (χ1) is 6.93. The molecule has 0 aliphatic heterocycles. The molecule has 1 aromatic rings. The highest BCUT2D eigenvalue weighted by molar-refractivity contribution is 5.40. The second-order valence-corrected chi connectivity index (χ2v) is 4.13. The maximum atomic E-state index is 11.0. The van der Waals surface area contributed by atoms with Crippen LogP contribution in [0.1, 0.15) is 32.4 Å². The van der Waals surface area contributed by atoms with Gasteiger partial charge in [0.25, 0.3) is 0 Å². The van der Waals surface area contributed by atoms with Crippen molar-refractivity contribution in [3.63, 3.8) is 0 Å². The summed E-state index contributed by atoms with van der Waals surface area (Å²) in [5.41, 5.74) is 6.58. The lowest BCUT2D eigenvalue weighted by Crippen LogP contribution is -2.30. The Morgan fingerprint density at radius 1 is 1.33 bits per heavy atom. The Morgan fingerprint density at radius 3 is 2.40 bits per heavy atom. The molecule has 4 nitrogen and oxygen atoms in total. The molecule has 1 rings (SSSR count). The number of pyridine rings is 1. The molecule has 0 spiro atoms. The van der Waals surface area contributed by atoms with Gasteiger partial charge in [0.15, 0.2) is 0 Å². The van der Waals surface area contributed by atoms with Crippen molar-refractivity contribution in [2.24, 2.45) is 0 Å². The minimum absolute atomic E-state index is 0.157. The summed E-state index contributed by atoms with van der Waals surface area (Å²) in [7, 11) is 2.04. The summed E-state index contributed by atoms with van der Waals surface area (Å²) in [6.45, 7) is 6.32. The number of anilines is 1. The largest absolute Gasteiger partial charge is 0.385 e. The summed E-state index contributed by atoms with van der Waals surface area (Å²) in [6, 6.07) is 3.93. The van der Waals surface area contributed by atoms with E-state index >= 15 is 0 Å². The van der Waals surface area contributed by atoms with Gasteiger partial charge in [-0.05, 0) is 33.9 Å². The lowest BCUT2D eigenvalue weighted by Gasteiger charge is -2.29. The van der Waals surface area contributed by atoms with E-state index in [9.17, 15) is 4.79 Å². The number of hydrogen-bond acceptors (Lipinski definition) is 3. The average molecular weight is 209 g/mol. The van der Waals surface area contributed by atoms with Gasteiger partial charge in [0.1, 0.15) is 5.82 Å². The molecule has 0 aromatic carbocycles. The standard InChI is InChI=1S/C11H19N3O/c1-7(2)14(4)8(3)9-5-6-10(15)13-11(9)12/h5-8H,1-4H3,(H3,12,13,15). The fourth-order valence-electron chi connectivity index (χ4n) is 1.53. The Kier molecular flexibility index (Phi) is 3.52. The number of nitrogens with zero attached hydrogens (tertiary/aromatic N) is 1. The van der Waals surface area contributed by atoms with Crippen molar-refractivity contribution in [1.29, 1.82) is 0 Å². The van der Waals surface area contributed by atoms with E-state index in [1.165, 1.54) is 6.07 Å². The van der Waals surface area contributed by atoms with E-state index in [0.29, 0.717) is 11.9 Å². The number of H-pyrrole nitrogens is 1. The van der Waals surface area contributed by atoms with E-state index in [0.717, 1.165) is 5.56 Å². The fourth-order valence-corrected chi connectivity index (χ4v) is 1.53. The summed E-state index contributed by atoms with van der Waals surface area (Å²) >= 11 is 0. The second kappa shape index (κ2) is 4.49. The molecule has 84 valence electrons. The molecule has 0 radical (unpaired) electrons. The van der Waals surface area contributed by atoms with Gasteiger partial charge in [0, 0.05) is 23.7 Å². The van der Waals surface area contributed by atoms with E-state index in [1.54, 1.807) is 6.07 Å². The molecule has 0 aliphatic rings. The second-order valence-electron chi connectivity index (χ2n) is 4.13. The third-order valence-corrected chi connectivity index (χ3v) is 2.86. The van der Waals surface area contributed by atoms with Gasteiger partial charge in [-0.15, -0.1) is 0 Å². The van der Waals surface area contributed by atoms with Gasteiger partial charge in [0.05, 0.1) is 0 Å². The van der Waals surface area contributed by atoms with Crippen LogP contribution in [-0.4, -0.2) is 23.0 Å². The highest BCUT2D eigenvalue weighted by atomic mass is 16.1. The molecule has 1 aromatic heterocycles. The Labute approximate surface area is 90.1 Å². The Bertz CT molecular complexity index is 384. The summed E-state index contributed by atoms with van der Waals surface area (Å²) in [6.07, 6.45) is 0. The van der Waals surface area contributed by atoms with Crippen molar-refractivity contribution in [3.05, 3.63) is 28.0 Å². The normalized spacial score (nSPS) is 13.5. The first kappa shape index (κ1) is 11.8. The number of nitrogen functional groups attached to an aromatic ring is 1. The van der Waals surface area contributed by atoms with Gasteiger partial charge in [-0.2, -0.15) is 0 Å². The van der Waals surface area contributed by atoms with Crippen LogP contribution in [0.2, 0.25) is 0 Å². The minimum atomic E-state index is -0.157. The lowest BCUT2D eigenvalue weighted by molar-refractivity contribution is 0.210. The van der Waals surface area contributed by atoms with Gasteiger partial charge < -0.3 is 10.7 Å². The molecule has 0 fully saturated rings. The van der Waals surface area contributed by atoms with Crippen LogP contribution in [0.25, 0.3) is 0 Å². The first-order valence-corrected chi connectivity index (χ1v) is 5.14. The van der Waals surface area contributed by atoms with Crippen molar-refractivity contribution in [2.45, 2.75) is 32.9 Å². The van der Waals surface area contributed by atoms with E-state index in [2.05, 4.69) is 30.7 Å². The zero-order valence-corrected chi connectivity index (χ0v) is 9.74. The van der Waals surface area contributed by atoms with Crippen LogP contribution in [-0.2, 0) is 0 Å². The quantitative estimate of drug-likeness (QED) is 0.790. The molecule has 15 heavy (non-hydrogen) atoms. The van der Waals surface area contributed by atoms with E-state index in [-0.39, 0.29) is 11.6 Å². The monoisotopic (exact) mass is 209 g/mol. The SMILES string of the molecule is CC(C)N(C)C(C)c1ccc(=O)[nH]c1N. The molecule has 3 N–H and O–H groups in total. The predicted molar refractivity (Wildman–Crippen MR) is 62.8 cm³/mol. The highest BCUT2D eigenvalue weighted by Gasteiger charge is 2.16. The molecule has 1 heterocycles. The van der Waals surface area contributed by atoms with Crippen LogP contribution in [0.3, 0.4) is 0 Å². The van der Waals surface area contributed by atoms with Crippen LogP contribution in [0, 0.1) is 0 Å². The summed E-state index contributed by atoms with van der Waals surface area (Å²) < 4.78 is 0. The molecular formula is C11H19N3O. The zero-order valence-electron chi connectivity index (χ0n) is 9.74. The highest BCUT2D eigenvalue weighted by Crippen LogP contribution is 2.23. The Balaban J connectivity index is 3.01. The van der Waals surface area contributed by atoms with E-state index in [1.807, 2.05) is 7.05 Å². The molecule has 0 saturated carbocycles. The molecule has 0 saturated heterocycles. The van der Waals surface area contributed by atoms with Crippen molar-refractivity contribution in [2.75, 3.05) is 12.8 Å². The number of hydrogen-bond donors (Lipinski definition) is 2. The van der Waals surface area contributed by atoms with E-state index < -0.39 is 0 Å². The number of aromatic nitrogens is 1. The van der Waals surface area contributed by atoms with Crippen molar-refractivity contribution in [3.8, 4) is 0 Å². The van der Waals surface area contributed by atoms with Gasteiger partial charge >= 0.3 is 0 Å². The number of aromatic amines is 1. The van der Waals surface area contributed by atoms with Crippen LogP contribution in [0.15, 0.2) is 16.9 Å². The molecular weight excluding hydrogens is 190 g/mol. The Hall–Kier alpha value is -1.29. The summed E-state index contributed by atoms with van der Waals surface area (Å²) in [5.74, 6) is 0.461. The van der Waals surface area contributed by atoms with Gasteiger partial charge in [-0.25, -0.2) is 0 Å². The molecule has 0 bridgehead atoms. The number of rotatable bonds is 3. The minimum Gasteiger partial charge on any atom is -0.385 e. The average Bonchev–Trinajstić information content (AvgIpc) is 2.15. The van der Waals surface area contributed by atoms with Crippen molar-refractivity contribution < 1.29 is 0 Å². The molecule has 1 atom stereocenters. The maximum absolute atomic E-state index is 11.0. The fraction of sp³-hybridized carbons (Fsp3) is 0.545. The smallest absolute Gasteiger partial charge is 0.249 e. The van der Waals surface area contributed by atoms with Crippen LogP contribution in [0.4, 0.5) is 5.82 Å². The third-order valence-electron chi connectivity index (χ3n) is 2.86. The summed E-state index contributed by atoms with van der Waals surface area (Å²) in [5, 5.41) is 0. The number of nitrogens with one attached hydrogen (secondary N) is 1. The zero-order chi connectivity index (χ0) is 11.6. The van der Waals surface area contributed by atoms with Crippen molar-refractivity contribution in [1.82, 2.24) is 9.88 Å². The Morgan fingerprint density at radius 2 is 1.93 bits per heavy atom. The maximum Gasteiger partial charge on any atom is 0.249 e. The molecule has 1 unspecified atom stereocenters. The topological polar surface area (TPSA) is 62.1 Å². The predicted octanol–water partition coefficient (Wildman–Crippen LogP) is 1.36. The third kappa shape index (κ3) is 2.59. The molecule has 0 aliphatic carbocycles. The van der Waals surface area contributed by atoms with Gasteiger partial charge in [0.2, 0.25) is 5.56 Å². The van der Waals surface area contributed by atoms with Gasteiger partial charge in [-0.1, -0.05) is 0 Å².